The van der Waals surface area contributed by atoms with Crippen molar-refractivity contribution in [1.82, 2.24) is 10.2 Å². The Balaban J connectivity index is 1.82. The number of nitrogens with zero attached hydrogens (tertiary/aromatic N) is 2. The summed E-state index contributed by atoms with van der Waals surface area (Å²) < 4.78 is 46.8. The van der Waals surface area contributed by atoms with Crippen LogP contribution in [0.15, 0.2) is 106 Å². The monoisotopic (exact) mass is 723 g/mol. The fourth-order valence-electron chi connectivity index (χ4n) is 5.06. The predicted molar refractivity (Wildman–Crippen MR) is 184 cm³/mol. The highest BCUT2D eigenvalue weighted by atomic mass is 79.9. The number of ether oxygens (including phenoxy) is 3. The molecule has 0 bridgehead atoms. The van der Waals surface area contributed by atoms with Crippen LogP contribution < -0.4 is 23.8 Å². The molecule has 0 aromatic heterocycles. The van der Waals surface area contributed by atoms with Crippen LogP contribution >= 0.6 is 15.9 Å². The summed E-state index contributed by atoms with van der Waals surface area (Å²) in [6, 6.07) is 26.5. The fraction of sp³-hybridized carbons (Fsp3) is 0.257. The van der Waals surface area contributed by atoms with Gasteiger partial charge < -0.3 is 24.4 Å². The largest absolute Gasteiger partial charge is 0.494 e. The van der Waals surface area contributed by atoms with Crippen molar-refractivity contribution in [2.75, 3.05) is 38.7 Å². The third kappa shape index (κ3) is 8.83. The van der Waals surface area contributed by atoms with Crippen LogP contribution in [0.1, 0.15) is 18.1 Å². The fourth-order valence-corrected chi connectivity index (χ4v) is 6.94. The minimum atomic E-state index is -4.35. The first kappa shape index (κ1) is 35.3. The molecule has 10 nitrogen and oxygen atoms in total. The van der Waals surface area contributed by atoms with E-state index in [0.717, 1.165) is 19.9 Å². The maximum atomic E-state index is 14.5. The third-order valence-electron chi connectivity index (χ3n) is 7.42. The molecule has 0 aliphatic heterocycles. The van der Waals surface area contributed by atoms with Crippen LogP contribution in [-0.2, 0) is 32.6 Å². The van der Waals surface area contributed by atoms with Crippen molar-refractivity contribution in [3.05, 3.63) is 113 Å². The number of methoxy groups -OCH3 is 2. The van der Waals surface area contributed by atoms with Crippen molar-refractivity contribution in [2.24, 2.45) is 0 Å². The second-order valence-corrected chi connectivity index (χ2v) is 13.2. The molecular weight excluding hydrogens is 686 g/mol. The smallest absolute Gasteiger partial charge is 0.264 e. The van der Waals surface area contributed by atoms with E-state index in [4.69, 9.17) is 14.2 Å². The highest BCUT2D eigenvalue weighted by molar-refractivity contribution is 9.10. The lowest BCUT2D eigenvalue weighted by atomic mass is 10.0. The zero-order chi connectivity index (χ0) is 34.0. The Bertz CT molecular complexity index is 1770. The predicted octanol–water partition coefficient (Wildman–Crippen LogP) is 5.45. The summed E-state index contributed by atoms with van der Waals surface area (Å²) in [6.07, 6.45) is 0.214. The van der Waals surface area contributed by atoms with Crippen LogP contribution in [0.5, 0.6) is 17.2 Å². The average Bonchev–Trinajstić information content (AvgIpc) is 3.08. The van der Waals surface area contributed by atoms with E-state index in [0.29, 0.717) is 18.1 Å². The van der Waals surface area contributed by atoms with Gasteiger partial charge in [0.2, 0.25) is 11.8 Å². The number of sulfonamides is 1. The number of carbonyl (C=O) groups excluding carboxylic acids is 2. The molecule has 0 aliphatic carbocycles. The zero-order valence-electron chi connectivity index (χ0n) is 26.7. The van der Waals surface area contributed by atoms with Gasteiger partial charge in [-0.3, -0.25) is 13.9 Å². The normalized spacial score (nSPS) is 11.7. The summed E-state index contributed by atoms with van der Waals surface area (Å²) in [4.78, 5) is 29.3. The maximum Gasteiger partial charge on any atom is 0.264 e. The molecule has 0 radical (unpaired) electrons. The highest BCUT2D eigenvalue weighted by Crippen LogP contribution is 2.33. The lowest BCUT2D eigenvalue weighted by molar-refractivity contribution is -0.139. The minimum absolute atomic E-state index is 0.0523. The summed E-state index contributed by atoms with van der Waals surface area (Å²) in [5, 5.41) is 2.69. The van der Waals surface area contributed by atoms with Crippen LogP contribution in [0.25, 0.3) is 0 Å². The Labute approximate surface area is 284 Å². The molecule has 0 saturated heterocycles. The lowest BCUT2D eigenvalue weighted by Gasteiger charge is -2.33. The highest BCUT2D eigenvalue weighted by Gasteiger charge is 2.34. The van der Waals surface area contributed by atoms with Crippen molar-refractivity contribution in [1.29, 1.82) is 0 Å². The minimum Gasteiger partial charge on any atom is -0.494 e. The first-order valence-corrected chi connectivity index (χ1v) is 17.1. The van der Waals surface area contributed by atoms with Gasteiger partial charge in [-0.25, -0.2) is 8.42 Å². The van der Waals surface area contributed by atoms with Gasteiger partial charge in [-0.05, 0) is 66.6 Å². The van der Waals surface area contributed by atoms with Gasteiger partial charge in [0.05, 0.1) is 31.4 Å². The number of nitrogens with one attached hydrogen (secondary N) is 1. The summed E-state index contributed by atoms with van der Waals surface area (Å²) >= 11 is 3.48. The van der Waals surface area contributed by atoms with E-state index < -0.39 is 28.5 Å². The number of likely N-dealkylation sites (N-methyl/N-ethyl adjacent to an activating group) is 1. The number of amides is 2. The number of carbonyl (C=O) groups is 2. The van der Waals surface area contributed by atoms with Crippen molar-refractivity contribution < 1.29 is 32.2 Å². The molecule has 0 fully saturated rings. The molecule has 1 N–H and O–H groups in total. The van der Waals surface area contributed by atoms with E-state index in [-0.39, 0.29) is 35.2 Å². The standard InChI is InChI=1S/C35H38BrN3O7S/c1-5-46-29-16-14-28(15-17-29)39(47(42,43)30-18-19-32(44-3)33(22-30)45-4)24-34(40)38(23-26-12-9-13-27(36)20-26)31(35(41)37-2)21-25-10-7-6-8-11-25/h6-20,22,31H,5,21,23-24H2,1-4H3,(H,37,41)/t31-/m0/s1. The molecule has 0 saturated carbocycles. The molecule has 1 atom stereocenters. The Morgan fingerprint density at radius 2 is 1.53 bits per heavy atom. The number of rotatable bonds is 15. The van der Waals surface area contributed by atoms with Gasteiger partial charge in [0.25, 0.3) is 10.0 Å². The molecule has 4 aromatic rings. The Kier molecular flexibility index (Phi) is 12.3. The molecule has 12 heteroatoms. The molecule has 47 heavy (non-hydrogen) atoms. The van der Waals surface area contributed by atoms with Crippen LogP contribution in [-0.4, -0.2) is 65.6 Å². The van der Waals surface area contributed by atoms with Crippen LogP contribution in [0.2, 0.25) is 0 Å². The number of halogens is 1. The average molecular weight is 725 g/mol. The molecule has 0 heterocycles. The van der Waals surface area contributed by atoms with Crippen molar-refractivity contribution in [2.45, 2.75) is 30.8 Å². The number of hydrogen-bond acceptors (Lipinski definition) is 7. The van der Waals surface area contributed by atoms with Gasteiger partial charge in [0.15, 0.2) is 11.5 Å². The molecule has 0 unspecified atom stereocenters. The van der Waals surface area contributed by atoms with E-state index in [1.54, 1.807) is 24.3 Å². The van der Waals surface area contributed by atoms with Gasteiger partial charge in [0, 0.05) is 30.6 Å². The first-order valence-electron chi connectivity index (χ1n) is 14.9. The Morgan fingerprint density at radius 1 is 0.851 bits per heavy atom. The lowest BCUT2D eigenvalue weighted by Crippen LogP contribution is -2.53. The SMILES string of the molecule is CCOc1ccc(N(CC(=O)N(Cc2cccc(Br)c2)[C@@H](Cc2ccccc2)C(=O)NC)S(=O)(=O)c2ccc(OC)c(OC)c2)cc1. The van der Waals surface area contributed by atoms with Crippen LogP contribution in [0.3, 0.4) is 0 Å². The van der Waals surface area contributed by atoms with E-state index >= 15 is 0 Å². The summed E-state index contributed by atoms with van der Waals surface area (Å²) in [7, 11) is 0.0195. The van der Waals surface area contributed by atoms with Crippen molar-refractivity contribution >= 4 is 43.5 Å². The third-order valence-corrected chi connectivity index (χ3v) is 9.68. The van der Waals surface area contributed by atoms with E-state index in [2.05, 4.69) is 21.2 Å². The maximum absolute atomic E-state index is 14.5. The zero-order valence-corrected chi connectivity index (χ0v) is 29.1. The topological polar surface area (TPSA) is 114 Å². The summed E-state index contributed by atoms with van der Waals surface area (Å²) in [5.74, 6) is 0.153. The summed E-state index contributed by atoms with van der Waals surface area (Å²) in [5.41, 5.74) is 1.83. The van der Waals surface area contributed by atoms with E-state index in [1.807, 2.05) is 61.5 Å². The Morgan fingerprint density at radius 3 is 2.15 bits per heavy atom. The number of benzene rings is 4. The van der Waals surface area contributed by atoms with Gasteiger partial charge in [0.1, 0.15) is 18.3 Å². The molecule has 4 aromatic carbocycles. The molecule has 0 spiro atoms. The first-order chi connectivity index (χ1) is 22.6. The number of anilines is 1. The van der Waals surface area contributed by atoms with Gasteiger partial charge in [-0.15, -0.1) is 0 Å². The molecule has 2 amide bonds. The van der Waals surface area contributed by atoms with E-state index in [1.165, 1.54) is 44.4 Å². The van der Waals surface area contributed by atoms with E-state index in [9.17, 15) is 18.0 Å². The molecule has 4 rings (SSSR count). The molecule has 0 aliphatic rings. The van der Waals surface area contributed by atoms with Crippen LogP contribution in [0, 0.1) is 0 Å². The van der Waals surface area contributed by atoms with Gasteiger partial charge in [-0.2, -0.15) is 0 Å². The van der Waals surface area contributed by atoms with Crippen LogP contribution in [0.4, 0.5) is 5.69 Å². The second kappa shape index (κ2) is 16.3. The summed E-state index contributed by atoms with van der Waals surface area (Å²) in [6.45, 7) is 1.73. The number of hydrogen-bond donors (Lipinski definition) is 1. The van der Waals surface area contributed by atoms with Crippen molar-refractivity contribution in [3.63, 3.8) is 0 Å². The second-order valence-electron chi connectivity index (χ2n) is 10.4. The van der Waals surface area contributed by atoms with Crippen molar-refractivity contribution in [3.8, 4) is 17.2 Å². The van der Waals surface area contributed by atoms with Gasteiger partial charge >= 0.3 is 0 Å². The van der Waals surface area contributed by atoms with Gasteiger partial charge in [-0.1, -0.05) is 58.4 Å². The molecule has 248 valence electrons. The molecular formula is C35H38BrN3O7S. The quantitative estimate of drug-likeness (QED) is 0.174. The Hall–Kier alpha value is -4.55.